The first kappa shape index (κ1) is 54.3. The van der Waals surface area contributed by atoms with E-state index >= 15 is 0 Å². The summed E-state index contributed by atoms with van der Waals surface area (Å²) in [4.78, 5) is 0. The Morgan fingerprint density at radius 2 is 0.938 bits per heavy atom. The van der Waals surface area contributed by atoms with Crippen LogP contribution in [0, 0.1) is 6.92 Å². The zero-order valence-corrected chi connectivity index (χ0v) is 41.1. The van der Waals surface area contributed by atoms with Gasteiger partial charge >= 0.3 is 0 Å². The van der Waals surface area contributed by atoms with Gasteiger partial charge in [-0.3, -0.25) is 0 Å². The number of hydrogen-bond acceptors (Lipinski definition) is 5. The van der Waals surface area contributed by atoms with Gasteiger partial charge in [-0.1, -0.05) is 127 Å². The molecule has 0 bridgehead atoms. The fourth-order valence-electron chi connectivity index (χ4n) is 8.19. The van der Waals surface area contributed by atoms with Gasteiger partial charge in [-0.25, -0.2) is 8.42 Å². The predicted molar refractivity (Wildman–Crippen MR) is 258 cm³/mol. The molecule has 6 aromatic rings. The zero-order valence-electron chi connectivity index (χ0n) is 38.7. The highest BCUT2D eigenvalue weighted by Gasteiger charge is 2.11. The van der Waals surface area contributed by atoms with Crippen molar-refractivity contribution in [1.82, 2.24) is 0 Å². The van der Waals surface area contributed by atoms with E-state index in [-0.39, 0.29) is 35.9 Å². The van der Waals surface area contributed by atoms with Crippen LogP contribution in [0.1, 0.15) is 133 Å². The Morgan fingerprint density at radius 1 is 0.547 bits per heavy atom. The quantitative estimate of drug-likeness (QED) is 0.0262. The molecule has 0 radical (unpaired) electrons. The number of fused-ring (bicyclic) bond motifs is 3. The molecule has 0 atom stereocenters. The van der Waals surface area contributed by atoms with Gasteiger partial charge in [0.05, 0.1) is 23.3 Å². The van der Waals surface area contributed by atoms with Gasteiger partial charge in [0.25, 0.3) is 0 Å². The zero-order chi connectivity index (χ0) is 45.1. The highest BCUT2D eigenvalue weighted by atomic mass is 79.9. The number of aromatic nitrogens is 3. The van der Waals surface area contributed by atoms with Crippen molar-refractivity contribution in [3.8, 4) is 0 Å². The first-order chi connectivity index (χ1) is 30.6. The van der Waals surface area contributed by atoms with Crippen LogP contribution in [0.5, 0.6) is 0 Å². The standard InChI is InChI=1S/C28H46NO.C13H15NO3S.C13H14NO.BrH/c1-2-3-4-5-6-7-8-9-10-11-12-13-14-15-16-17-22-29-23-18-19-27-24-26(25-30)20-21-28(27)29;1-11-5-6-13-12(10-11)4-2-7-14(13)8-3-9-18(15,16)17;1-2-7-14-8-3-4-12-9-11(10-15)5-6-13(12)14;/h18-21,23-24,30H,2-17,22,25H2,1H3;2,4-7,10H,3,8-9H2,1H3;2-6,8-9,15H,1,7,10H2;1H/q+1;;+1;/p-1. The number of unbranched alkanes of at least 4 members (excludes halogenated alkanes) is 15. The number of nitrogens with zero attached hydrogens (tertiary/aromatic N) is 3. The molecule has 3 heterocycles. The molecular weight excluding hydrogens is 883 g/mol. The van der Waals surface area contributed by atoms with E-state index in [0.717, 1.165) is 46.0 Å². The van der Waals surface area contributed by atoms with E-state index in [1.807, 2.05) is 90.6 Å². The summed E-state index contributed by atoms with van der Waals surface area (Å²) in [6, 6.07) is 30.6. The fourth-order valence-corrected chi connectivity index (χ4v) is 8.67. The number of pyridine rings is 3. The van der Waals surface area contributed by atoms with E-state index in [4.69, 9.17) is 5.11 Å². The van der Waals surface area contributed by atoms with E-state index in [9.17, 15) is 18.1 Å². The molecule has 2 N–H and O–H groups in total. The molecule has 0 saturated carbocycles. The molecule has 8 nitrogen and oxygen atoms in total. The first-order valence-electron chi connectivity index (χ1n) is 23.6. The molecule has 6 rings (SSSR count). The third kappa shape index (κ3) is 20.0. The summed E-state index contributed by atoms with van der Waals surface area (Å²) in [7, 11) is -4.12. The van der Waals surface area contributed by atoms with Crippen LogP contribution in [-0.4, -0.2) is 28.9 Å². The van der Waals surface area contributed by atoms with Crippen LogP contribution >= 0.6 is 0 Å². The molecule has 0 aliphatic heterocycles. The molecule has 0 aliphatic carbocycles. The van der Waals surface area contributed by atoms with Crippen molar-refractivity contribution in [3.05, 3.63) is 139 Å². The van der Waals surface area contributed by atoms with Crippen LogP contribution in [0.25, 0.3) is 32.7 Å². The molecule has 0 aliphatic rings. The summed E-state index contributed by atoms with van der Waals surface area (Å²) in [6.45, 7) is 10.7. The molecule has 0 amide bonds. The van der Waals surface area contributed by atoms with Crippen molar-refractivity contribution in [2.75, 3.05) is 5.75 Å². The molecule has 10 heteroatoms. The van der Waals surface area contributed by atoms with Gasteiger partial charge < -0.3 is 31.7 Å². The van der Waals surface area contributed by atoms with Crippen LogP contribution in [0.3, 0.4) is 0 Å². The molecule has 3 aromatic carbocycles. The van der Waals surface area contributed by atoms with Crippen LogP contribution in [-0.2, 0) is 43.0 Å². The summed E-state index contributed by atoms with van der Waals surface area (Å²) in [5.74, 6) is -0.317. The number of aliphatic hydroxyl groups is 2. The maximum atomic E-state index is 10.6. The Bertz CT molecular complexity index is 2370. The second-order valence-electron chi connectivity index (χ2n) is 16.9. The molecule has 0 fully saturated rings. The fraction of sp³-hybridized carbons (Fsp3) is 0.463. The lowest BCUT2D eigenvalue weighted by atomic mass is 10.0. The summed E-state index contributed by atoms with van der Waals surface area (Å²) < 4.78 is 38.2. The van der Waals surface area contributed by atoms with Gasteiger partial charge in [-0.2, -0.15) is 13.7 Å². The number of allylic oxidation sites excluding steroid dienone is 1. The maximum absolute atomic E-state index is 10.6. The van der Waals surface area contributed by atoms with Crippen molar-refractivity contribution in [1.29, 1.82) is 0 Å². The minimum absolute atomic E-state index is 0. The topological polar surface area (TPSA) is 109 Å². The van der Waals surface area contributed by atoms with Gasteiger partial charge in [0.2, 0.25) is 16.6 Å². The first-order valence-corrected chi connectivity index (χ1v) is 25.2. The third-order valence-electron chi connectivity index (χ3n) is 11.7. The Labute approximate surface area is 395 Å². The van der Waals surface area contributed by atoms with E-state index < -0.39 is 10.1 Å². The Hall–Kier alpha value is -4.06. The monoisotopic (exact) mass is 956 g/mol. The number of benzene rings is 3. The number of aryl methyl sites for hydroxylation is 3. The van der Waals surface area contributed by atoms with E-state index in [1.54, 1.807) is 0 Å². The summed E-state index contributed by atoms with van der Waals surface area (Å²) >= 11 is 0. The van der Waals surface area contributed by atoms with Crippen LogP contribution in [0.15, 0.2) is 122 Å². The van der Waals surface area contributed by atoms with Gasteiger partial charge in [-0.15, -0.1) is 0 Å². The van der Waals surface area contributed by atoms with Gasteiger partial charge in [0.15, 0.2) is 25.1 Å². The van der Waals surface area contributed by atoms with Crippen LogP contribution < -0.4 is 30.7 Å². The molecule has 3 aromatic heterocycles. The minimum Gasteiger partial charge on any atom is -1.00 e. The van der Waals surface area contributed by atoms with E-state index in [1.165, 1.54) is 119 Å². The van der Waals surface area contributed by atoms with Gasteiger partial charge in [0, 0.05) is 71.2 Å². The smallest absolute Gasteiger partial charge is 0.212 e. The van der Waals surface area contributed by atoms with Crippen LogP contribution in [0.2, 0.25) is 0 Å². The summed E-state index contributed by atoms with van der Waals surface area (Å²) in [6.07, 6.45) is 30.9. The van der Waals surface area contributed by atoms with Crippen molar-refractivity contribution < 1.29 is 53.9 Å². The molecular formula is C54H75BrN3O5S+. The molecule has 348 valence electrons. The lowest BCUT2D eigenvalue weighted by molar-refractivity contribution is -0.671. The highest BCUT2D eigenvalue weighted by Crippen LogP contribution is 2.17. The lowest BCUT2D eigenvalue weighted by Crippen LogP contribution is -3.00. The number of rotatable bonds is 25. The SMILES string of the molecule is C=CC[n+]1cccc2cc(CO)ccc21.CCCCCCCCCCCCCCCCCC[n+]1cccc2cc(CO)ccc21.Cc1ccc2c(ccc[n+]2CCCS(=O)(=O)[O-])c1.[Br-]. The largest absolute Gasteiger partial charge is 1.00 e. The summed E-state index contributed by atoms with van der Waals surface area (Å²) in [5, 5.41) is 21.8. The van der Waals surface area contributed by atoms with Gasteiger partial charge in [-0.05, 0) is 66.9 Å². The Morgan fingerprint density at radius 3 is 1.38 bits per heavy atom. The number of hydrogen-bond donors (Lipinski definition) is 2. The second kappa shape index (κ2) is 31.0. The number of halogens is 1. The Kier molecular flexibility index (Phi) is 26.3. The van der Waals surface area contributed by atoms with E-state index in [0.29, 0.717) is 13.0 Å². The van der Waals surface area contributed by atoms with Crippen molar-refractivity contribution in [2.45, 2.75) is 156 Å². The predicted octanol–water partition coefficient (Wildman–Crippen LogP) is 8.06. The summed E-state index contributed by atoms with van der Waals surface area (Å²) in [5.41, 5.74) is 6.60. The third-order valence-corrected chi connectivity index (χ3v) is 12.4. The van der Waals surface area contributed by atoms with E-state index in [2.05, 4.69) is 59.2 Å². The van der Waals surface area contributed by atoms with Crippen molar-refractivity contribution in [2.24, 2.45) is 0 Å². The maximum Gasteiger partial charge on any atom is 0.212 e. The van der Waals surface area contributed by atoms with Gasteiger partial charge in [0.1, 0.15) is 13.1 Å². The molecule has 0 saturated heterocycles. The average molecular weight is 958 g/mol. The second-order valence-corrected chi connectivity index (χ2v) is 18.5. The van der Waals surface area contributed by atoms with Crippen molar-refractivity contribution in [3.63, 3.8) is 0 Å². The minimum atomic E-state index is -4.12. The Balaban J connectivity index is 0.000000272. The van der Waals surface area contributed by atoms with Crippen molar-refractivity contribution >= 4 is 42.8 Å². The molecule has 64 heavy (non-hydrogen) atoms. The molecule has 0 unspecified atom stereocenters. The number of aliphatic hydroxyl groups excluding tert-OH is 2. The molecule has 0 spiro atoms. The highest BCUT2D eigenvalue weighted by molar-refractivity contribution is 7.85. The van der Waals surface area contributed by atoms with Crippen LogP contribution in [0.4, 0.5) is 0 Å². The lowest BCUT2D eigenvalue weighted by Gasteiger charge is -2.05. The normalized spacial score (nSPS) is 11.1. The average Bonchev–Trinajstić information content (AvgIpc) is 3.28.